The zero-order chi connectivity index (χ0) is 28.9. The molecule has 1 aliphatic carbocycles. The molecule has 2 atom stereocenters. The van der Waals surface area contributed by atoms with Crippen LogP contribution in [0.15, 0.2) is 59.6 Å². The first-order valence-corrected chi connectivity index (χ1v) is 13.7. The van der Waals surface area contributed by atoms with Crippen LogP contribution in [0, 0.1) is 0 Å². The number of fused-ring (bicyclic) bond motifs is 3. The maximum atomic E-state index is 12.8. The summed E-state index contributed by atoms with van der Waals surface area (Å²) in [5.74, 6) is 2.07. The topological polar surface area (TPSA) is 107 Å². The Morgan fingerprint density at radius 1 is 0.780 bits per heavy atom. The first-order chi connectivity index (χ1) is 19.9. The summed E-state index contributed by atoms with van der Waals surface area (Å²) in [6.45, 7) is 0. The van der Waals surface area contributed by atoms with Crippen LogP contribution >= 0.6 is 0 Å². The molecule has 1 fully saturated rings. The lowest BCUT2D eigenvalue weighted by atomic mass is 9.75. The Morgan fingerprint density at radius 3 is 2.15 bits per heavy atom. The number of amides is 2. The standard InChI is InChI=1S/C32H35N3O6/c1-38-26-14-9-19(15-27(26)39-2)16-30(36)34-35-32(37)21-12-10-20(11-13-21)31-24-18-29(41-4)28(40-3)17-23(24)22-7-5-6-8-25(22)33-31/h9-15,17-18,22,25H,5-8,16H2,1-4H3,(H,34,36)(H,35,37)/t22-,25-/m1/s1. The van der Waals surface area contributed by atoms with Crippen molar-refractivity contribution in [3.63, 3.8) is 0 Å². The van der Waals surface area contributed by atoms with E-state index in [2.05, 4.69) is 16.9 Å². The summed E-state index contributed by atoms with van der Waals surface area (Å²) in [5.41, 5.74) is 10.2. The molecule has 5 rings (SSSR count). The second-order valence-corrected chi connectivity index (χ2v) is 10.2. The van der Waals surface area contributed by atoms with E-state index in [9.17, 15) is 9.59 Å². The van der Waals surface area contributed by atoms with Crippen LogP contribution in [0.2, 0.25) is 0 Å². The lowest BCUT2D eigenvalue weighted by Gasteiger charge is -2.35. The van der Waals surface area contributed by atoms with Gasteiger partial charge in [0.1, 0.15) is 0 Å². The van der Waals surface area contributed by atoms with Crippen LogP contribution in [0.5, 0.6) is 23.0 Å². The van der Waals surface area contributed by atoms with Crippen LogP contribution < -0.4 is 29.8 Å². The van der Waals surface area contributed by atoms with E-state index >= 15 is 0 Å². The smallest absolute Gasteiger partial charge is 0.269 e. The summed E-state index contributed by atoms with van der Waals surface area (Å²) < 4.78 is 21.7. The Bertz CT molecular complexity index is 1470. The number of nitrogens with one attached hydrogen (secondary N) is 2. The molecule has 0 aromatic heterocycles. The second kappa shape index (κ2) is 12.3. The van der Waals surface area contributed by atoms with E-state index in [1.54, 1.807) is 51.7 Å². The van der Waals surface area contributed by atoms with Crippen LogP contribution in [0.1, 0.15) is 64.2 Å². The highest BCUT2D eigenvalue weighted by atomic mass is 16.5. The number of rotatable bonds is 8. The van der Waals surface area contributed by atoms with Gasteiger partial charge >= 0.3 is 0 Å². The van der Waals surface area contributed by atoms with Crippen molar-refractivity contribution in [2.24, 2.45) is 4.99 Å². The molecule has 2 N–H and O–H groups in total. The summed E-state index contributed by atoms with van der Waals surface area (Å²) >= 11 is 0. The number of carbonyl (C=O) groups excluding carboxylic acids is 2. The third kappa shape index (κ3) is 5.84. The third-order valence-corrected chi connectivity index (χ3v) is 7.78. The van der Waals surface area contributed by atoms with Gasteiger partial charge in [0.05, 0.1) is 46.6 Å². The van der Waals surface area contributed by atoms with Crippen molar-refractivity contribution in [2.45, 2.75) is 44.1 Å². The summed E-state index contributed by atoms with van der Waals surface area (Å²) in [5, 5.41) is 0. The van der Waals surface area contributed by atoms with Crippen molar-refractivity contribution in [1.82, 2.24) is 10.9 Å². The number of hydrogen-bond acceptors (Lipinski definition) is 7. The molecule has 0 bridgehead atoms. The minimum Gasteiger partial charge on any atom is -0.493 e. The number of hydrogen-bond donors (Lipinski definition) is 2. The van der Waals surface area contributed by atoms with E-state index in [1.807, 2.05) is 18.2 Å². The number of aliphatic imine (C=N–C) groups is 1. The molecule has 3 aromatic carbocycles. The van der Waals surface area contributed by atoms with Gasteiger partial charge in [0.25, 0.3) is 5.91 Å². The van der Waals surface area contributed by atoms with Gasteiger partial charge in [0.2, 0.25) is 5.91 Å². The molecule has 41 heavy (non-hydrogen) atoms. The maximum absolute atomic E-state index is 12.8. The predicted octanol–water partition coefficient (Wildman–Crippen LogP) is 4.60. The Balaban J connectivity index is 1.29. The molecule has 0 saturated heterocycles. The van der Waals surface area contributed by atoms with E-state index in [4.69, 9.17) is 23.9 Å². The van der Waals surface area contributed by atoms with Gasteiger partial charge < -0.3 is 18.9 Å². The summed E-state index contributed by atoms with van der Waals surface area (Å²) in [6, 6.07) is 16.8. The number of benzene rings is 3. The fourth-order valence-corrected chi connectivity index (χ4v) is 5.70. The highest BCUT2D eigenvalue weighted by Crippen LogP contribution is 2.44. The van der Waals surface area contributed by atoms with Gasteiger partial charge in [-0.3, -0.25) is 25.4 Å². The monoisotopic (exact) mass is 557 g/mol. The van der Waals surface area contributed by atoms with Crippen LogP contribution in [0.4, 0.5) is 0 Å². The molecule has 0 spiro atoms. The average Bonchev–Trinajstić information content (AvgIpc) is 3.02. The Kier molecular flexibility index (Phi) is 8.42. The first-order valence-electron chi connectivity index (χ1n) is 13.7. The second-order valence-electron chi connectivity index (χ2n) is 10.2. The molecule has 0 unspecified atom stereocenters. The summed E-state index contributed by atoms with van der Waals surface area (Å²) in [6.07, 6.45) is 4.56. The number of methoxy groups -OCH3 is 4. The van der Waals surface area contributed by atoms with E-state index in [1.165, 1.54) is 19.1 Å². The number of hydrazine groups is 1. The van der Waals surface area contributed by atoms with Crippen molar-refractivity contribution in [2.75, 3.05) is 28.4 Å². The maximum Gasteiger partial charge on any atom is 0.269 e. The van der Waals surface area contributed by atoms with Gasteiger partial charge in [0, 0.05) is 22.6 Å². The molecule has 2 amide bonds. The largest absolute Gasteiger partial charge is 0.493 e. The van der Waals surface area contributed by atoms with Crippen molar-refractivity contribution < 1.29 is 28.5 Å². The minimum atomic E-state index is -0.415. The lowest BCUT2D eigenvalue weighted by Crippen LogP contribution is -2.42. The van der Waals surface area contributed by atoms with E-state index in [0.29, 0.717) is 28.7 Å². The van der Waals surface area contributed by atoms with Crippen molar-refractivity contribution in [3.8, 4) is 23.0 Å². The number of carbonyl (C=O) groups is 2. The normalized spacial score (nSPS) is 17.3. The first kappa shape index (κ1) is 28.0. The van der Waals surface area contributed by atoms with Gasteiger partial charge in [0.15, 0.2) is 23.0 Å². The van der Waals surface area contributed by atoms with Crippen molar-refractivity contribution in [1.29, 1.82) is 0 Å². The Morgan fingerprint density at radius 2 is 1.44 bits per heavy atom. The molecule has 1 heterocycles. The molecule has 1 saturated carbocycles. The summed E-state index contributed by atoms with van der Waals surface area (Å²) in [4.78, 5) is 30.4. The van der Waals surface area contributed by atoms with Crippen LogP contribution in [0.25, 0.3) is 0 Å². The van der Waals surface area contributed by atoms with Gasteiger partial charge in [-0.25, -0.2) is 0 Å². The SMILES string of the molecule is COc1ccc(CC(=O)NNC(=O)c2ccc(C3=N[C@@H]4CCCC[C@@H]4c4cc(OC)c(OC)cc43)cc2)cc1OC. The van der Waals surface area contributed by atoms with Crippen LogP contribution in [-0.4, -0.2) is 52.0 Å². The van der Waals surface area contributed by atoms with E-state index < -0.39 is 5.91 Å². The molecule has 2 aliphatic rings. The molecular formula is C32H35N3O6. The van der Waals surface area contributed by atoms with Gasteiger partial charge in [-0.1, -0.05) is 31.0 Å². The predicted molar refractivity (Wildman–Crippen MR) is 155 cm³/mol. The molecular weight excluding hydrogens is 522 g/mol. The highest BCUT2D eigenvalue weighted by Gasteiger charge is 2.34. The minimum absolute atomic E-state index is 0.0647. The Labute approximate surface area is 239 Å². The summed E-state index contributed by atoms with van der Waals surface area (Å²) in [7, 11) is 6.37. The fourth-order valence-electron chi connectivity index (χ4n) is 5.70. The average molecular weight is 558 g/mol. The van der Waals surface area contributed by atoms with Crippen LogP contribution in [-0.2, 0) is 11.2 Å². The van der Waals surface area contributed by atoms with E-state index in [-0.39, 0.29) is 18.4 Å². The van der Waals surface area contributed by atoms with Gasteiger partial charge in [-0.2, -0.15) is 0 Å². The molecule has 214 valence electrons. The van der Waals surface area contributed by atoms with Crippen LogP contribution in [0.3, 0.4) is 0 Å². The van der Waals surface area contributed by atoms with Gasteiger partial charge in [-0.15, -0.1) is 0 Å². The molecule has 0 radical (unpaired) electrons. The highest BCUT2D eigenvalue weighted by molar-refractivity contribution is 6.15. The Hall–Kier alpha value is -4.53. The quantitative estimate of drug-likeness (QED) is 0.392. The zero-order valence-corrected chi connectivity index (χ0v) is 23.8. The van der Waals surface area contributed by atoms with E-state index in [0.717, 1.165) is 47.4 Å². The van der Waals surface area contributed by atoms with Gasteiger partial charge in [-0.05, 0) is 60.4 Å². The molecule has 3 aromatic rings. The molecule has 9 heteroatoms. The van der Waals surface area contributed by atoms with Crippen molar-refractivity contribution in [3.05, 3.63) is 82.4 Å². The van der Waals surface area contributed by atoms with Crippen molar-refractivity contribution >= 4 is 17.5 Å². The number of ether oxygens (including phenoxy) is 4. The zero-order valence-electron chi connectivity index (χ0n) is 23.8. The molecule has 1 aliphatic heterocycles. The lowest BCUT2D eigenvalue weighted by molar-refractivity contribution is -0.121. The fraction of sp³-hybridized carbons (Fsp3) is 0.344. The third-order valence-electron chi connectivity index (χ3n) is 7.78. The molecule has 9 nitrogen and oxygen atoms in total. The number of nitrogens with zero attached hydrogens (tertiary/aromatic N) is 1.